The van der Waals surface area contributed by atoms with Crippen LogP contribution in [0.3, 0.4) is 0 Å². The summed E-state index contributed by atoms with van der Waals surface area (Å²) in [6.45, 7) is 0. The van der Waals surface area contributed by atoms with Gasteiger partial charge in [-0.25, -0.2) is 13.4 Å². The van der Waals surface area contributed by atoms with Gasteiger partial charge in [0.1, 0.15) is 0 Å². The lowest BCUT2D eigenvalue weighted by Crippen LogP contribution is -1.97. The Morgan fingerprint density at radius 1 is 1.28 bits per heavy atom. The van der Waals surface area contributed by atoms with Gasteiger partial charge >= 0.3 is 0 Å². The highest BCUT2D eigenvalue weighted by atomic mass is 35.7. The van der Waals surface area contributed by atoms with Crippen molar-refractivity contribution < 1.29 is 13.2 Å². The maximum Gasteiger partial charge on any atom is 0.236 e. The minimum absolute atomic E-state index is 0.310. The highest BCUT2D eigenvalue weighted by molar-refractivity contribution is 8.13. The number of benzene rings is 1. The van der Waals surface area contributed by atoms with E-state index in [1.165, 1.54) is 7.11 Å². The molecule has 0 spiro atoms. The van der Waals surface area contributed by atoms with Gasteiger partial charge in [-0.3, -0.25) is 0 Å². The molecular formula is C11H9Cl2NO3S. The van der Waals surface area contributed by atoms with E-state index in [0.29, 0.717) is 27.4 Å². The first-order chi connectivity index (χ1) is 8.40. The summed E-state index contributed by atoms with van der Waals surface area (Å²) < 4.78 is 27.1. The van der Waals surface area contributed by atoms with Crippen LogP contribution in [0.5, 0.6) is 5.88 Å². The molecule has 0 fully saturated rings. The molecule has 2 aromatic rings. The van der Waals surface area contributed by atoms with E-state index in [2.05, 4.69) is 4.98 Å². The predicted molar refractivity (Wildman–Crippen MR) is 71.8 cm³/mol. The first kappa shape index (κ1) is 13.4. The molecule has 96 valence electrons. The zero-order valence-corrected chi connectivity index (χ0v) is 11.7. The molecule has 4 nitrogen and oxygen atoms in total. The lowest BCUT2D eigenvalue weighted by atomic mass is 10.1. The molecule has 1 heterocycles. The highest BCUT2D eigenvalue weighted by Crippen LogP contribution is 2.29. The quantitative estimate of drug-likeness (QED) is 0.818. The number of methoxy groups -OCH3 is 1. The Labute approximate surface area is 114 Å². The van der Waals surface area contributed by atoms with Gasteiger partial charge in [0, 0.05) is 22.1 Å². The average Bonchev–Trinajstić information content (AvgIpc) is 2.31. The van der Waals surface area contributed by atoms with E-state index >= 15 is 0 Å². The van der Waals surface area contributed by atoms with Gasteiger partial charge in [0.15, 0.2) is 0 Å². The van der Waals surface area contributed by atoms with Crippen LogP contribution in [0.2, 0.25) is 5.02 Å². The molecule has 0 bridgehead atoms. The van der Waals surface area contributed by atoms with Gasteiger partial charge in [-0.2, -0.15) is 0 Å². The largest absolute Gasteiger partial charge is 0.481 e. The molecular weight excluding hydrogens is 297 g/mol. The molecule has 7 heteroatoms. The molecule has 0 saturated heterocycles. The summed E-state index contributed by atoms with van der Waals surface area (Å²) in [6.07, 6.45) is 0. The van der Waals surface area contributed by atoms with Crippen LogP contribution in [0, 0.1) is 0 Å². The Hall–Kier alpha value is -1.04. The van der Waals surface area contributed by atoms with Crippen LogP contribution in [0.15, 0.2) is 24.3 Å². The van der Waals surface area contributed by atoms with Gasteiger partial charge in [-0.15, -0.1) is 0 Å². The van der Waals surface area contributed by atoms with E-state index < -0.39 is 9.05 Å². The topological polar surface area (TPSA) is 56.3 Å². The molecule has 0 unspecified atom stereocenters. The fraction of sp³-hybridized carbons (Fsp3) is 0.182. The van der Waals surface area contributed by atoms with Crippen molar-refractivity contribution in [2.75, 3.05) is 7.11 Å². The van der Waals surface area contributed by atoms with Crippen LogP contribution in [0.1, 0.15) is 5.56 Å². The molecule has 1 aromatic carbocycles. The number of ether oxygens (including phenoxy) is 1. The van der Waals surface area contributed by atoms with Crippen molar-refractivity contribution in [2.45, 2.75) is 5.75 Å². The van der Waals surface area contributed by atoms with Crippen molar-refractivity contribution >= 4 is 42.2 Å². The Bertz CT molecular complexity index is 701. The number of nitrogens with zero attached hydrogens (tertiary/aromatic N) is 1. The number of fused-ring (bicyclic) bond motifs is 1. The van der Waals surface area contributed by atoms with Crippen molar-refractivity contribution in [2.24, 2.45) is 0 Å². The molecule has 0 amide bonds. The van der Waals surface area contributed by atoms with E-state index in [4.69, 9.17) is 27.0 Å². The van der Waals surface area contributed by atoms with E-state index in [9.17, 15) is 8.42 Å². The molecule has 0 aliphatic heterocycles. The summed E-state index contributed by atoms with van der Waals surface area (Å²) in [5.41, 5.74) is 1.08. The standard InChI is InChI=1S/C11H9Cl2NO3S/c1-17-10-5-3-8-9(14-10)4-2-7(11(8)12)6-18(13,15)16/h2-5H,6H2,1H3. The molecule has 18 heavy (non-hydrogen) atoms. The van der Waals surface area contributed by atoms with Crippen LogP contribution >= 0.6 is 22.3 Å². The third kappa shape index (κ3) is 2.85. The minimum atomic E-state index is -3.64. The number of rotatable bonds is 3. The zero-order chi connectivity index (χ0) is 13.3. The number of pyridine rings is 1. The fourth-order valence-electron chi connectivity index (χ4n) is 1.61. The second-order valence-corrected chi connectivity index (χ2v) is 6.80. The van der Waals surface area contributed by atoms with Crippen molar-refractivity contribution in [1.29, 1.82) is 0 Å². The normalized spacial score (nSPS) is 11.7. The van der Waals surface area contributed by atoms with E-state index in [1.807, 2.05) is 0 Å². The molecule has 0 aliphatic carbocycles. The van der Waals surface area contributed by atoms with Crippen LogP contribution in [0.25, 0.3) is 10.9 Å². The maximum atomic E-state index is 11.1. The van der Waals surface area contributed by atoms with E-state index in [-0.39, 0.29) is 5.75 Å². The number of hydrogen-bond acceptors (Lipinski definition) is 4. The summed E-state index contributed by atoms with van der Waals surface area (Å²) in [6, 6.07) is 6.67. The summed E-state index contributed by atoms with van der Waals surface area (Å²) in [7, 11) is 3.10. The molecule has 0 radical (unpaired) electrons. The second kappa shape index (κ2) is 4.91. The monoisotopic (exact) mass is 305 g/mol. The smallest absolute Gasteiger partial charge is 0.236 e. The van der Waals surface area contributed by atoms with Gasteiger partial charge in [-0.1, -0.05) is 17.7 Å². The lowest BCUT2D eigenvalue weighted by molar-refractivity contribution is 0.399. The van der Waals surface area contributed by atoms with Crippen LogP contribution in [-0.4, -0.2) is 20.5 Å². The zero-order valence-electron chi connectivity index (χ0n) is 9.35. The molecule has 0 atom stereocenters. The first-order valence-corrected chi connectivity index (χ1v) is 7.81. The number of aromatic nitrogens is 1. The fourth-order valence-corrected chi connectivity index (χ4v) is 2.94. The number of halogens is 2. The SMILES string of the molecule is COc1ccc2c(Cl)c(CS(=O)(=O)Cl)ccc2n1. The highest BCUT2D eigenvalue weighted by Gasteiger charge is 2.13. The predicted octanol–water partition coefficient (Wildman–Crippen LogP) is 2.97. The average molecular weight is 306 g/mol. The van der Waals surface area contributed by atoms with Crippen molar-refractivity contribution in [3.05, 3.63) is 34.9 Å². The number of hydrogen-bond donors (Lipinski definition) is 0. The molecule has 0 N–H and O–H groups in total. The van der Waals surface area contributed by atoms with Crippen molar-refractivity contribution in [3.8, 4) is 5.88 Å². The van der Waals surface area contributed by atoms with Gasteiger partial charge in [0.05, 0.1) is 23.4 Å². The molecule has 0 aliphatic rings. The van der Waals surface area contributed by atoms with Gasteiger partial charge < -0.3 is 4.74 Å². The Morgan fingerprint density at radius 2 is 2.00 bits per heavy atom. The van der Waals surface area contributed by atoms with E-state index in [0.717, 1.165) is 0 Å². The van der Waals surface area contributed by atoms with Crippen molar-refractivity contribution in [1.82, 2.24) is 4.98 Å². The summed E-state index contributed by atoms with van der Waals surface area (Å²) in [5, 5.41) is 1.00. The Kier molecular flexibility index (Phi) is 3.66. The Balaban J connectivity index is 2.58. The van der Waals surface area contributed by atoms with Crippen molar-refractivity contribution in [3.63, 3.8) is 0 Å². The maximum absolute atomic E-state index is 11.1. The summed E-state index contributed by atoms with van der Waals surface area (Å²) in [4.78, 5) is 4.20. The van der Waals surface area contributed by atoms with E-state index in [1.54, 1.807) is 24.3 Å². The van der Waals surface area contributed by atoms with Gasteiger partial charge in [0.25, 0.3) is 0 Å². The second-order valence-electron chi connectivity index (χ2n) is 3.64. The Morgan fingerprint density at radius 3 is 2.61 bits per heavy atom. The molecule has 0 saturated carbocycles. The minimum Gasteiger partial charge on any atom is -0.481 e. The molecule has 1 aromatic heterocycles. The summed E-state index contributed by atoms with van der Waals surface area (Å²) >= 11 is 6.14. The van der Waals surface area contributed by atoms with Gasteiger partial charge in [0.2, 0.25) is 14.9 Å². The third-order valence-corrected chi connectivity index (χ3v) is 3.83. The lowest BCUT2D eigenvalue weighted by Gasteiger charge is -2.07. The van der Waals surface area contributed by atoms with Crippen LogP contribution in [0.4, 0.5) is 0 Å². The van der Waals surface area contributed by atoms with Crippen LogP contribution < -0.4 is 4.74 Å². The first-order valence-electron chi connectivity index (χ1n) is 4.95. The van der Waals surface area contributed by atoms with Crippen LogP contribution in [-0.2, 0) is 14.8 Å². The molecule has 2 rings (SSSR count). The third-order valence-electron chi connectivity index (χ3n) is 2.40. The van der Waals surface area contributed by atoms with Gasteiger partial charge in [-0.05, 0) is 17.7 Å². The summed E-state index contributed by atoms with van der Waals surface area (Å²) in [5.74, 6) is 0.159.